The minimum Gasteiger partial charge on any atom is -0.461 e. The van der Waals surface area contributed by atoms with E-state index in [1.165, 1.54) is 6.07 Å². The van der Waals surface area contributed by atoms with Gasteiger partial charge >= 0.3 is 5.97 Å². The number of hydrogen-bond acceptors (Lipinski definition) is 6. The van der Waals surface area contributed by atoms with Gasteiger partial charge in [-0.05, 0) is 19.1 Å². The number of H-pyrrole nitrogens is 1. The van der Waals surface area contributed by atoms with E-state index in [1.807, 2.05) is 0 Å². The van der Waals surface area contributed by atoms with Crippen molar-refractivity contribution in [3.63, 3.8) is 0 Å². The minimum absolute atomic E-state index is 0.0902. The standard InChI is InChI=1S/C12H12FN3O4S/c1-3-20-12(17)11-10(14-16-15-11)7-4-5-9(8(13)6-7)21(2,18)19/h4-6H,3H2,1-2H3,(H,14,15,16). The zero-order valence-electron chi connectivity index (χ0n) is 11.3. The molecule has 0 saturated heterocycles. The largest absolute Gasteiger partial charge is 0.461 e. The number of rotatable bonds is 4. The van der Waals surface area contributed by atoms with Gasteiger partial charge in [-0.1, -0.05) is 6.07 Å². The number of carbonyl (C=O) groups excluding carboxylic acids is 1. The lowest BCUT2D eigenvalue weighted by atomic mass is 10.1. The third-order valence-corrected chi connectivity index (χ3v) is 3.75. The highest BCUT2D eigenvalue weighted by Gasteiger charge is 2.21. The molecule has 1 heterocycles. The third kappa shape index (κ3) is 3.07. The minimum atomic E-state index is -3.66. The molecule has 0 unspecified atom stereocenters. The number of aromatic amines is 1. The number of esters is 1. The molecule has 0 aliphatic carbocycles. The van der Waals surface area contributed by atoms with Crippen LogP contribution in [0.1, 0.15) is 17.4 Å². The molecule has 0 amide bonds. The lowest BCUT2D eigenvalue weighted by molar-refractivity contribution is 0.0520. The number of hydrogen-bond donors (Lipinski definition) is 1. The van der Waals surface area contributed by atoms with Crippen LogP contribution < -0.4 is 0 Å². The fraction of sp³-hybridized carbons (Fsp3) is 0.250. The zero-order valence-corrected chi connectivity index (χ0v) is 12.1. The Labute approximate surface area is 120 Å². The predicted molar refractivity (Wildman–Crippen MR) is 70.8 cm³/mol. The molecule has 21 heavy (non-hydrogen) atoms. The van der Waals surface area contributed by atoms with Gasteiger partial charge in [-0.15, -0.1) is 5.10 Å². The molecule has 1 N–H and O–H groups in total. The fourth-order valence-corrected chi connectivity index (χ4v) is 2.45. The van der Waals surface area contributed by atoms with Gasteiger partial charge in [0.05, 0.1) is 6.61 Å². The van der Waals surface area contributed by atoms with Gasteiger partial charge in [0.1, 0.15) is 16.4 Å². The molecule has 0 aliphatic rings. The number of aromatic nitrogens is 3. The third-order valence-electron chi connectivity index (χ3n) is 2.62. The quantitative estimate of drug-likeness (QED) is 0.851. The van der Waals surface area contributed by atoms with E-state index in [0.29, 0.717) is 0 Å². The summed E-state index contributed by atoms with van der Waals surface area (Å²) >= 11 is 0. The Kier molecular flexibility index (Phi) is 4.03. The second-order valence-corrected chi connectivity index (χ2v) is 6.14. The lowest BCUT2D eigenvalue weighted by Crippen LogP contribution is -2.07. The average Bonchev–Trinajstić information content (AvgIpc) is 2.86. The van der Waals surface area contributed by atoms with Crippen LogP contribution in [0.2, 0.25) is 0 Å². The maximum absolute atomic E-state index is 13.9. The van der Waals surface area contributed by atoms with Crippen molar-refractivity contribution in [3.8, 4) is 11.3 Å². The van der Waals surface area contributed by atoms with E-state index in [1.54, 1.807) is 6.92 Å². The summed E-state index contributed by atoms with van der Waals surface area (Å²) in [5, 5.41) is 9.69. The van der Waals surface area contributed by atoms with Crippen molar-refractivity contribution in [2.24, 2.45) is 0 Å². The summed E-state index contributed by atoms with van der Waals surface area (Å²) in [6.45, 7) is 1.80. The van der Waals surface area contributed by atoms with Crippen LogP contribution in [0, 0.1) is 5.82 Å². The van der Waals surface area contributed by atoms with Gasteiger partial charge in [-0.25, -0.2) is 17.6 Å². The van der Waals surface area contributed by atoms with Crippen molar-refractivity contribution in [3.05, 3.63) is 29.7 Å². The molecule has 1 aromatic heterocycles. The number of halogens is 1. The van der Waals surface area contributed by atoms with Crippen LogP contribution in [-0.4, -0.2) is 42.7 Å². The van der Waals surface area contributed by atoms with E-state index in [9.17, 15) is 17.6 Å². The van der Waals surface area contributed by atoms with Crippen LogP contribution in [0.3, 0.4) is 0 Å². The van der Waals surface area contributed by atoms with Gasteiger partial charge in [0.15, 0.2) is 15.5 Å². The zero-order chi connectivity index (χ0) is 15.6. The van der Waals surface area contributed by atoms with E-state index in [-0.39, 0.29) is 23.6 Å². The monoisotopic (exact) mass is 313 g/mol. The lowest BCUT2D eigenvalue weighted by Gasteiger charge is -2.04. The number of ether oxygens (including phenoxy) is 1. The second kappa shape index (κ2) is 5.60. The van der Waals surface area contributed by atoms with Crippen LogP contribution in [0.5, 0.6) is 0 Å². The number of nitrogens with one attached hydrogen (secondary N) is 1. The highest BCUT2D eigenvalue weighted by Crippen LogP contribution is 2.24. The van der Waals surface area contributed by atoms with Gasteiger partial charge in [-0.3, -0.25) is 0 Å². The Morgan fingerprint density at radius 2 is 2.10 bits per heavy atom. The Morgan fingerprint density at radius 3 is 2.67 bits per heavy atom. The number of nitrogens with zero attached hydrogens (tertiary/aromatic N) is 2. The molecule has 0 spiro atoms. The van der Waals surface area contributed by atoms with Crippen molar-refractivity contribution < 1.29 is 22.3 Å². The first kappa shape index (κ1) is 15.1. The molecule has 1 aromatic carbocycles. The normalized spacial score (nSPS) is 11.4. The molecule has 7 nitrogen and oxygen atoms in total. The summed E-state index contributed by atoms with van der Waals surface area (Å²) in [6, 6.07) is 3.45. The van der Waals surface area contributed by atoms with Gasteiger partial charge in [-0.2, -0.15) is 10.3 Å². The van der Waals surface area contributed by atoms with E-state index in [2.05, 4.69) is 15.4 Å². The summed E-state index contributed by atoms with van der Waals surface area (Å²) in [7, 11) is -3.66. The topological polar surface area (TPSA) is 102 Å². The Balaban J connectivity index is 2.48. The number of sulfone groups is 1. The predicted octanol–water partition coefficient (Wildman–Crippen LogP) is 1.19. The fourth-order valence-electron chi connectivity index (χ4n) is 1.72. The summed E-state index contributed by atoms with van der Waals surface area (Å²) in [4.78, 5) is 11.3. The molecule has 112 valence electrons. The van der Waals surface area contributed by atoms with Crippen molar-refractivity contribution in [2.45, 2.75) is 11.8 Å². The maximum Gasteiger partial charge on any atom is 0.361 e. The summed E-state index contributed by atoms with van der Waals surface area (Å²) in [6.07, 6.45) is 0.908. The second-order valence-electron chi connectivity index (χ2n) is 4.16. The van der Waals surface area contributed by atoms with E-state index in [0.717, 1.165) is 18.4 Å². The first-order chi connectivity index (χ1) is 9.84. The Hall–Kier alpha value is -2.29. The van der Waals surface area contributed by atoms with Gasteiger partial charge in [0.2, 0.25) is 0 Å². The first-order valence-electron chi connectivity index (χ1n) is 5.92. The smallest absolute Gasteiger partial charge is 0.361 e. The first-order valence-corrected chi connectivity index (χ1v) is 7.81. The maximum atomic E-state index is 13.9. The number of benzene rings is 1. The van der Waals surface area contributed by atoms with Crippen LogP contribution in [-0.2, 0) is 14.6 Å². The molecule has 9 heteroatoms. The van der Waals surface area contributed by atoms with E-state index in [4.69, 9.17) is 4.74 Å². The van der Waals surface area contributed by atoms with Crippen molar-refractivity contribution in [1.82, 2.24) is 15.4 Å². The van der Waals surface area contributed by atoms with Crippen molar-refractivity contribution in [1.29, 1.82) is 0 Å². The van der Waals surface area contributed by atoms with Crippen LogP contribution in [0.4, 0.5) is 4.39 Å². The molecule has 0 saturated carbocycles. The molecule has 2 rings (SSSR count). The number of carbonyl (C=O) groups is 1. The van der Waals surface area contributed by atoms with Gasteiger partial charge < -0.3 is 4.74 Å². The van der Waals surface area contributed by atoms with E-state index < -0.39 is 26.5 Å². The SMILES string of the molecule is CCOC(=O)c1n[nH]nc1-c1ccc(S(C)(=O)=O)c(F)c1. The van der Waals surface area contributed by atoms with Crippen LogP contribution in [0.25, 0.3) is 11.3 Å². The molecular weight excluding hydrogens is 301 g/mol. The van der Waals surface area contributed by atoms with Crippen LogP contribution >= 0.6 is 0 Å². The van der Waals surface area contributed by atoms with Gasteiger partial charge in [0.25, 0.3) is 0 Å². The summed E-state index contributed by atoms with van der Waals surface area (Å²) < 4.78 is 41.4. The Morgan fingerprint density at radius 1 is 1.38 bits per heavy atom. The molecule has 2 aromatic rings. The van der Waals surface area contributed by atoms with Gasteiger partial charge in [0, 0.05) is 11.8 Å². The molecule has 0 bridgehead atoms. The van der Waals surface area contributed by atoms with Crippen LogP contribution in [0.15, 0.2) is 23.1 Å². The molecule has 0 aliphatic heterocycles. The highest BCUT2D eigenvalue weighted by atomic mass is 32.2. The highest BCUT2D eigenvalue weighted by molar-refractivity contribution is 7.90. The van der Waals surface area contributed by atoms with E-state index >= 15 is 0 Å². The molecule has 0 fully saturated rings. The Bertz CT molecular complexity index is 786. The molecule has 0 radical (unpaired) electrons. The molecule has 0 atom stereocenters. The summed E-state index contributed by atoms with van der Waals surface area (Å²) in [5.41, 5.74) is 0.215. The summed E-state index contributed by atoms with van der Waals surface area (Å²) in [5.74, 6) is -1.62. The average molecular weight is 313 g/mol. The molecular formula is C12H12FN3O4S. The van der Waals surface area contributed by atoms with Crippen molar-refractivity contribution in [2.75, 3.05) is 12.9 Å². The van der Waals surface area contributed by atoms with Crippen molar-refractivity contribution >= 4 is 15.8 Å².